The van der Waals surface area contributed by atoms with E-state index in [1.807, 2.05) is 32.0 Å². The Hall–Kier alpha value is -1.17. The van der Waals surface area contributed by atoms with Crippen LogP contribution in [-0.4, -0.2) is 46.5 Å². The van der Waals surface area contributed by atoms with Gasteiger partial charge in [-0.1, -0.05) is 18.2 Å². The number of rotatable bonds is 5. The van der Waals surface area contributed by atoms with Gasteiger partial charge in [0.15, 0.2) is 5.11 Å². The molecular formula is C13H20N2O2S. The predicted octanol–water partition coefficient (Wildman–Crippen LogP) is 1.29. The van der Waals surface area contributed by atoms with Crippen LogP contribution in [0.15, 0.2) is 18.2 Å². The van der Waals surface area contributed by atoms with E-state index in [0.717, 1.165) is 16.8 Å². The molecule has 0 bridgehead atoms. The highest BCUT2D eigenvalue weighted by atomic mass is 32.1. The van der Waals surface area contributed by atoms with Crippen molar-refractivity contribution < 1.29 is 10.2 Å². The van der Waals surface area contributed by atoms with Crippen molar-refractivity contribution in [3.63, 3.8) is 0 Å². The maximum atomic E-state index is 8.98. The van der Waals surface area contributed by atoms with Crippen LogP contribution in [0.5, 0.6) is 0 Å². The SMILES string of the molecule is Cc1cccc(C)c1NC(=S)N(CCO)CCO. The molecule has 4 nitrogen and oxygen atoms in total. The van der Waals surface area contributed by atoms with E-state index in [-0.39, 0.29) is 13.2 Å². The van der Waals surface area contributed by atoms with Crippen LogP contribution in [0.25, 0.3) is 0 Å². The van der Waals surface area contributed by atoms with E-state index in [1.165, 1.54) is 0 Å². The number of aryl methyl sites for hydroxylation is 2. The maximum absolute atomic E-state index is 8.98. The van der Waals surface area contributed by atoms with Gasteiger partial charge in [-0.3, -0.25) is 0 Å². The van der Waals surface area contributed by atoms with Crippen molar-refractivity contribution in [2.75, 3.05) is 31.6 Å². The second-order valence-electron chi connectivity index (χ2n) is 4.13. The Morgan fingerprint density at radius 1 is 1.17 bits per heavy atom. The van der Waals surface area contributed by atoms with E-state index in [0.29, 0.717) is 18.2 Å². The summed E-state index contributed by atoms with van der Waals surface area (Å²) in [6.45, 7) is 4.87. The molecule has 1 aromatic carbocycles. The first kappa shape index (κ1) is 14.9. The van der Waals surface area contributed by atoms with Gasteiger partial charge in [-0.25, -0.2) is 0 Å². The largest absolute Gasteiger partial charge is 0.395 e. The molecule has 0 amide bonds. The fourth-order valence-corrected chi connectivity index (χ4v) is 2.04. The van der Waals surface area contributed by atoms with Crippen molar-refractivity contribution in [1.29, 1.82) is 0 Å². The lowest BCUT2D eigenvalue weighted by Gasteiger charge is -2.25. The van der Waals surface area contributed by atoms with Crippen molar-refractivity contribution in [3.8, 4) is 0 Å². The summed E-state index contributed by atoms with van der Waals surface area (Å²) in [6, 6.07) is 6.03. The summed E-state index contributed by atoms with van der Waals surface area (Å²) >= 11 is 5.30. The zero-order chi connectivity index (χ0) is 13.5. The molecule has 0 unspecified atom stereocenters. The van der Waals surface area contributed by atoms with Crippen molar-refractivity contribution in [2.45, 2.75) is 13.8 Å². The fourth-order valence-electron chi connectivity index (χ4n) is 1.75. The monoisotopic (exact) mass is 268 g/mol. The summed E-state index contributed by atoms with van der Waals surface area (Å²) in [4.78, 5) is 1.75. The summed E-state index contributed by atoms with van der Waals surface area (Å²) < 4.78 is 0. The Morgan fingerprint density at radius 3 is 2.11 bits per heavy atom. The zero-order valence-electron chi connectivity index (χ0n) is 10.8. The van der Waals surface area contributed by atoms with E-state index in [2.05, 4.69) is 5.32 Å². The van der Waals surface area contributed by atoms with Crippen molar-refractivity contribution in [2.24, 2.45) is 0 Å². The molecule has 3 N–H and O–H groups in total. The lowest BCUT2D eigenvalue weighted by molar-refractivity contribution is 0.214. The molecule has 0 aromatic heterocycles. The molecule has 0 heterocycles. The zero-order valence-corrected chi connectivity index (χ0v) is 11.6. The number of nitrogens with one attached hydrogen (secondary N) is 1. The first-order chi connectivity index (χ1) is 8.60. The first-order valence-corrected chi connectivity index (χ1v) is 6.34. The summed E-state index contributed by atoms with van der Waals surface area (Å²) in [5, 5.41) is 21.7. The molecular weight excluding hydrogens is 248 g/mol. The maximum Gasteiger partial charge on any atom is 0.173 e. The fraction of sp³-hybridized carbons (Fsp3) is 0.462. The molecule has 1 rings (SSSR count). The number of nitrogens with zero attached hydrogens (tertiary/aromatic N) is 1. The second-order valence-corrected chi connectivity index (χ2v) is 4.52. The van der Waals surface area contributed by atoms with Gasteiger partial charge in [0.05, 0.1) is 13.2 Å². The summed E-state index contributed by atoms with van der Waals surface area (Å²) in [7, 11) is 0. The molecule has 0 radical (unpaired) electrons. The Bertz CT molecular complexity index is 384. The highest BCUT2D eigenvalue weighted by molar-refractivity contribution is 7.80. The van der Waals surface area contributed by atoms with Gasteiger partial charge < -0.3 is 20.4 Å². The number of hydrogen-bond acceptors (Lipinski definition) is 3. The van der Waals surface area contributed by atoms with Gasteiger partial charge in [-0.15, -0.1) is 0 Å². The summed E-state index contributed by atoms with van der Waals surface area (Å²) in [5.41, 5.74) is 3.22. The third kappa shape index (κ3) is 3.94. The molecule has 0 saturated heterocycles. The molecule has 0 aliphatic rings. The smallest absolute Gasteiger partial charge is 0.173 e. The van der Waals surface area contributed by atoms with E-state index >= 15 is 0 Å². The first-order valence-electron chi connectivity index (χ1n) is 5.94. The van der Waals surface area contributed by atoms with Gasteiger partial charge in [0.25, 0.3) is 0 Å². The average Bonchev–Trinajstić information content (AvgIpc) is 2.33. The highest BCUT2D eigenvalue weighted by Crippen LogP contribution is 2.19. The van der Waals surface area contributed by atoms with Crippen LogP contribution < -0.4 is 5.32 Å². The van der Waals surface area contributed by atoms with Crippen LogP contribution in [0.4, 0.5) is 5.69 Å². The molecule has 0 aliphatic carbocycles. The van der Waals surface area contributed by atoms with Crippen molar-refractivity contribution in [3.05, 3.63) is 29.3 Å². The Balaban J connectivity index is 2.79. The molecule has 0 spiro atoms. The molecule has 1 aromatic rings. The van der Waals surface area contributed by atoms with Crippen molar-refractivity contribution >= 4 is 23.0 Å². The molecule has 0 fully saturated rings. The topological polar surface area (TPSA) is 55.7 Å². The number of para-hydroxylation sites is 1. The van der Waals surface area contributed by atoms with E-state index in [1.54, 1.807) is 4.90 Å². The van der Waals surface area contributed by atoms with E-state index in [4.69, 9.17) is 22.4 Å². The Morgan fingerprint density at radius 2 is 1.67 bits per heavy atom. The molecule has 0 saturated carbocycles. The molecule has 100 valence electrons. The van der Waals surface area contributed by atoms with Gasteiger partial charge in [0.1, 0.15) is 0 Å². The molecule has 0 atom stereocenters. The number of hydrogen-bond donors (Lipinski definition) is 3. The third-order valence-corrected chi connectivity index (χ3v) is 3.10. The normalized spacial score (nSPS) is 10.2. The Kier molecular flexibility index (Phi) is 6.04. The van der Waals surface area contributed by atoms with Crippen LogP contribution in [0, 0.1) is 13.8 Å². The highest BCUT2D eigenvalue weighted by Gasteiger charge is 2.10. The van der Waals surface area contributed by atoms with Crippen LogP contribution in [0.2, 0.25) is 0 Å². The number of anilines is 1. The van der Waals surface area contributed by atoms with E-state index in [9.17, 15) is 0 Å². The number of thiocarbonyl (C=S) groups is 1. The van der Waals surface area contributed by atoms with Gasteiger partial charge in [-0.2, -0.15) is 0 Å². The lowest BCUT2D eigenvalue weighted by Crippen LogP contribution is -2.39. The van der Waals surface area contributed by atoms with Crippen LogP contribution in [0.3, 0.4) is 0 Å². The quantitative estimate of drug-likeness (QED) is 0.703. The van der Waals surface area contributed by atoms with Crippen molar-refractivity contribution in [1.82, 2.24) is 4.90 Å². The standard InChI is InChI=1S/C13H20N2O2S/c1-10-4-3-5-11(2)12(10)14-13(18)15(6-8-16)7-9-17/h3-5,16-17H,6-9H2,1-2H3,(H,14,18). The number of benzene rings is 1. The minimum atomic E-state index is 0.00851. The van der Waals surface area contributed by atoms with Gasteiger partial charge in [-0.05, 0) is 37.2 Å². The summed E-state index contributed by atoms with van der Waals surface area (Å²) in [6.07, 6.45) is 0. The molecule has 18 heavy (non-hydrogen) atoms. The molecule has 5 heteroatoms. The minimum absolute atomic E-state index is 0.00851. The van der Waals surface area contributed by atoms with Crippen LogP contribution in [-0.2, 0) is 0 Å². The number of aliphatic hydroxyl groups excluding tert-OH is 2. The second kappa shape index (κ2) is 7.31. The van der Waals surface area contributed by atoms with Crippen LogP contribution in [0.1, 0.15) is 11.1 Å². The minimum Gasteiger partial charge on any atom is -0.395 e. The lowest BCUT2D eigenvalue weighted by atomic mass is 10.1. The van der Waals surface area contributed by atoms with Gasteiger partial charge in [0.2, 0.25) is 0 Å². The molecule has 0 aliphatic heterocycles. The average molecular weight is 268 g/mol. The predicted molar refractivity (Wildman–Crippen MR) is 77.9 cm³/mol. The van der Waals surface area contributed by atoms with Gasteiger partial charge in [0, 0.05) is 18.8 Å². The van der Waals surface area contributed by atoms with Gasteiger partial charge >= 0.3 is 0 Å². The number of aliphatic hydroxyl groups is 2. The summed E-state index contributed by atoms with van der Waals surface area (Å²) in [5.74, 6) is 0. The van der Waals surface area contributed by atoms with Crippen LogP contribution >= 0.6 is 12.2 Å². The van der Waals surface area contributed by atoms with E-state index < -0.39 is 0 Å². The Labute approximate surface area is 113 Å². The third-order valence-electron chi connectivity index (χ3n) is 2.74.